The molecule has 0 unspecified atom stereocenters. The van der Waals surface area contributed by atoms with Crippen LogP contribution in [0.2, 0.25) is 0 Å². The van der Waals surface area contributed by atoms with Crippen molar-refractivity contribution in [2.45, 2.75) is 51.5 Å². The lowest BCUT2D eigenvalue weighted by Crippen LogP contribution is -2.31. The van der Waals surface area contributed by atoms with Crippen molar-refractivity contribution in [2.75, 3.05) is 0 Å². The SMILES string of the molecule is CC(C)c1nc2sc3ccccc3c(=O)c2c(=O)n1C1CCCC1. The molecule has 3 aromatic rings. The smallest absolute Gasteiger partial charge is 0.266 e. The van der Waals surface area contributed by atoms with Gasteiger partial charge in [-0.1, -0.05) is 38.8 Å². The highest BCUT2D eigenvalue weighted by Gasteiger charge is 2.25. The lowest BCUT2D eigenvalue weighted by Gasteiger charge is -2.20. The second kappa shape index (κ2) is 5.81. The number of rotatable bonds is 2. The Labute approximate surface area is 143 Å². The maximum atomic E-state index is 13.2. The summed E-state index contributed by atoms with van der Waals surface area (Å²) in [6, 6.07) is 7.65. The molecule has 0 aliphatic heterocycles. The molecular weight excluding hydrogens is 320 g/mol. The van der Waals surface area contributed by atoms with E-state index in [2.05, 4.69) is 13.8 Å². The third-order valence-corrected chi connectivity index (χ3v) is 5.95. The number of fused-ring (bicyclic) bond motifs is 2. The third kappa shape index (κ3) is 2.30. The molecule has 0 saturated heterocycles. The van der Waals surface area contributed by atoms with Crippen LogP contribution in [-0.4, -0.2) is 9.55 Å². The summed E-state index contributed by atoms with van der Waals surface area (Å²) in [6.07, 6.45) is 4.27. The first kappa shape index (κ1) is 15.5. The van der Waals surface area contributed by atoms with Gasteiger partial charge in [0.1, 0.15) is 16.0 Å². The maximum absolute atomic E-state index is 13.2. The zero-order valence-corrected chi connectivity index (χ0v) is 14.7. The molecule has 124 valence electrons. The zero-order valence-electron chi connectivity index (χ0n) is 13.9. The van der Waals surface area contributed by atoms with Crippen LogP contribution in [0.4, 0.5) is 0 Å². The first-order chi connectivity index (χ1) is 11.6. The summed E-state index contributed by atoms with van der Waals surface area (Å²) in [5.74, 6) is 0.960. The minimum Gasteiger partial charge on any atom is -0.293 e. The number of nitrogens with zero attached hydrogens (tertiary/aromatic N) is 2. The van der Waals surface area contributed by atoms with E-state index in [1.54, 1.807) is 6.07 Å². The Morgan fingerprint density at radius 2 is 1.88 bits per heavy atom. The molecule has 0 bridgehead atoms. The molecule has 1 aliphatic carbocycles. The van der Waals surface area contributed by atoms with Crippen molar-refractivity contribution in [3.05, 3.63) is 50.7 Å². The van der Waals surface area contributed by atoms with Crippen molar-refractivity contribution in [2.24, 2.45) is 0 Å². The maximum Gasteiger partial charge on any atom is 0.266 e. The molecule has 24 heavy (non-hydrogen) atoms. The number of hydrogen-bond acceptors (Lipinski definition) is 4. The average Bonchev–Trinajstić information content (AvgIpc) is 3.08. The Morgan fingerprint density at radius 1 is 1.17 bits per heavy atom. The standard InChI is InChI=1S/C19H20N2O2S/c1-11(2)17-20-18-15(19(23)21(17)12-7-3-4-8-12)16(22)13-9-5-6-10-14(13)24-18/h5-6,9-12H,3-4,7-8H2,1-2H3. The first-order valence-corrected chi connectivity index (χ1v) is 9.37. The van der Waals surface area contributed by atoms with Gasteiger partial charge in [-0.25, -0.2) is 4.98 Å². The zero-order chi connectivity index (χ0) is 16.8. The lowest BCUT2D eigenvalue weighted by atomic mass is 10.1. The first-order valence-electron chi connectivity index (χ1n) is 8.56. The summed E-state index contributed by atoms with van der Waals surface area (Å²) in [5.41, 5.74) is -0.332. The molecule has 0 N–H and O–H groups in total. The van der Waals surface area contributed by atoms with Crippen LogP contribution in [0.3, 0.4) is 0 Å². The third-order valence-electron chi connectivity index (χ3n) is 4.88. The van der Waals surface area contributed by atoms with Gasteiger partial charge in [0.15, 0.2) is 0 Å². The van der Waals surface area contributed by atoms with Gasteiger partial charge in [-0.3, -0.25) is 14.2 Å². The highest BCUT2D eigenvalue weighted by Crippen LogP contribution is 2.32. The van der Waals surface area contributed by atoms with Crippen molar-refractivity contribution in [1.29, 1.82) is 0 Å². The van der Waals surface area contributed by atoms with Crippen LogP contribution in [0, 0.1) is 0 Å². The fraction of sp³-hybridized carbons (Fsp3) is 0.421. The van der Waals surface area contributed by atoms with Gasteiger partial charge in [-0.2, -0.15) is 0 Å². The monoisotopic (exact) mass is 340 g/mol. The molecule has 2 aromatic heterocycles. The van der Waals surface area contributed by atoms with Crippen LogP contribution in [-0.2, 0) is 0 Å². The number of aromatic nitrogens is 2. The Morgan fingerprint density at radius 3 is 2.58 bits per heavy atom. The molecule has 0 atom stereocenters. The summed E-state index contributed by atoms with van der Waals surface area (Å²) in [6.45, 7) is 4.12. The van der Waals surface area contributed by atoms with Gasteiger partial charge >= 0.3 is 0 Å². The summed E-state index contributed by atoms with van der Waals surface area (Å²) >= 11 is 1.44. The summed E-state index contributed by atoms with van der Waals surface area (Å²) in [5, 5.41) is 0.874. The van der Waals surface area contributed by atoms with Crippen LogP contribution >= 0.6 is 11.3 Å². The van der Waals surface area contributed by atoms with Gasteiger partial charge in [0.05, 0.1) is 0 Å². The summed E-state index contributed by atoms with van der Waals surface area (Å²) in [4.78, 5) is 31.5. The van der Waals surface area contributed by atoms with Gasteiger partial charge in [-0.15, -0.1) is 11.3 Å². The van der Waals surface area contributed by atoms with Crippen molar-refractivity contribution in [3.8, 4) is 0 Å². The molecular formula is C19H20N2O2S. The highest BCUT2D eigenvalue weighted by atomic mass is 32.1. The molecule has 1 saturated carbocycles. The van der Waals surface area contributed by atoms with Gasteiger partial charge in [0.2, 0.25) is 5.43 Å². The highest BCUT2D eigenvalue weighted by molar-refractivity contribution is 7.24. The second-order valence-corrected chi connectivity index (χ2v) is 7.88. The van der Waals surface area contributed by atoms with E-state index in [4.69, 9.17) is 4.98 Å². The van der Waals surface area contributed by atoms with E-state index in [1.165, 1.54) is 11.3 Å². The Hall–Kier alpha value is -2.01. The fourth-order valence-electron chi connectivity index (χ4n) is 3.70. The summed E-state index contributed by atoms with van der Waals surface area (Å²) < 4.78 is 2.71. The molecule has 0 amide bonds. The van der Waals surface area contributed by atoms with E-state index in [0.717, 1.165) is 36.2 Å². The van der Waals surface area contributed by atoms with Crippen LogP contribution < -0.4 is 11.0 Å². The predicted octanol–water partition coefficient (Wildman–Crippen LogP) is 4.21. The van der Waals surface area contributed by atoms with Gasteiger partial charge in [-0.05, 0) is 25.0 Å². The molecule has 0 radical (unpaired) electrons. The normalized spacial score (nSPS) is 15.8. The van der Waals surface area contributed by atoms with Gasteiger partial charge in [0, 0.05) is 22.0 Å². The van der Waals surface area contributed by atoms with Crippen LogP contribution in [0.25, 0.3) is 20.3 Å². The van der Waals surface area contributed by atoms with E-state index in [-0.39, 0.29) is 28.3 Å². The van der Waals surface area contributed by atoms with Gasteiger partial charge < -0.3 is 0 Å². The molecule has 2 heterocycles. The van der Waals surface area contributed by atoms with E-state index in [9.17, 15) is 9.59 Å². The minimum absolute atomic E-state index is 0.150. The van der Waals surface area contributed by atoms with E-state index < -0.39 is 0 Å². The minimum atomic E-state index is -0.182. The lowest BCUT2D eigenvalue weighted by molar-refractivity contribution is 0.465. The molecule has 5 heteroatoms. The van der Waals surface area contributed by atoms with Crippen LogP contribution in [0.15, 0.2) is 33.9 Å². The molecule has 0 spiro atoms. The van der Waals surface area contributed by atoms with Crippen molar-refractivity contribution in [3.63, 3.8) is 0 Å². The predicted molar refractivity (Wildman–Crippen MR) is 99.3 cm³/mol. The molecule has 4 rings (SSSR count). The van der Waals surface area contributed by atoms with Crippen molar-refractivity contribution < 1.29 is 0 Å². The Kier molecular flexibility index (Phi) is 3.76. The summed E-state index contributed by atoms with van der Waals surface area (Å²) in [7, 11) is 0. The Bertz CT molecular complexity index is 1040. The number of benzene rings is 1. The van der Waals surface area contributed by atoms with E-state index in [0.29, 0.717) is 10.2 Å². The van der Waals surface area contributed by atoms with Crippen molar-refractivity contribution in [1.82, 2.24) is 9.55 Å². The average molecular weight is 340 g/mol. The van der Waals surface area contributed by atoms with E-state index in [1.807, 2.05) is 22.8 Å². The molecule has 1 fully saturated rings. The molecule has 1 aliphatic rings. The van der Waals surface area contributed by atoms with Crippen LogP contribution in [0.5, 0.6) is 0 Å². The molecule has 1 aromatic carbocycles. The topological polar surface area (TPSA) is 52.0 Å². The fourth-order valence-corrected chi connectivity index (χ4v) is 4.75. The second-order valence-electron chi connectivity index (χ2n) is 6.85. The quantitative estimate of drug-likeness (QED) is 0.657. The molecule has 4 nitrogen and oxygen atoms in total. The van der Waals surface area contributed by atoms with Gasteiger partial charge in [0.25, 0.3) is 5.56 Å². The van der Waals surface area contributed by atoms with Crippen LogP contribution in [0.1, 0.15) is 57.3 Å². The van der Waals surface area contributed by atoms with Crippen molar-refractivity contribution >= 4 is 31.6 Å². The van der Waals surface area contributed by atoms with E-state index >= 15 is 0 Å². The Balaban J connectivity index is 2.15. The largest absolute Gasteiger partial charge is 0.293 e. The number of hydrogen-bond donors (Lipinski definition) is 0.